The van der Waals surface area contributed by atoms with E-state index >= 15 is 0 Å². The number of ether oxygens (including phenoxy) is 1. The number of methoxy groups -OCH3 is 1. The average molecular weight is 352 g/mol. The van der Waals surface area contributed by atoms with Crippen LogP contribution in [0.4, 0.5) is 0 Å². The van der Waals surface area contributed by atoms with Gasteiger partial charge in [-0.3, -0.25) is 13.8 Å². The fourth-order valence-corrected chi connectivity index (χ4v) is 3.59. The van der Waals surface area contributed by atoms with E-state index in [4.69, 9.17) is 4.74 Å². The number of benzene rings is 1. The Morgan fingerprint density at radius 3 is 2.67 bits per heavy atom. The number of nitrogens with zero attached hydrogens (tertiary/aromatic N) is 1. The molecule has 2 rings (SSSR count). The molecule has 6 nitrogen and oxygen atoms in total. The predicted molar refractivity (Wildman–Crippen MR) is 93.1 cm³/mol. The Labute approximate surface area is 145 Å². The molecule has 24 heavy (non-hydrogen) atoms. The van der Waals surface area contributed by atoms with Crippen molar-refractivity contribution in [1.82, 2.24) is 10.2 Å². The van der Waals surface area contributed by atoms with E-state index in [1.54, 1.807) is 18.3 Å². The van der Waals surface area contributed by atoms with Crippen LogP contribution in [0.15, 0.2) is 24.3 Å². The van der Waals surface area contributed by atoms with E-state index in [9.17, 15) is 13.8 Å². The molecule has 132 valence electrons. The van der Waals surface area contributed by atoms with Gasteiger partial charge >= 0.3 is 0 Å². The summed E-state index contributed by atoms with van der Waals surface area (Å²) < 4.78 is 16.3. The molecule has 0 aromatic heterocycles. The minimum absolute atomic E-state index is 0.0160. The van der Waals surface area contributed by atoms with E-state index in [-0.39, 0.29) is 30.2 Å². The third-order valence-corrected chi connectivity index (χ3v) is 4.96. The highest BCUT2D eigenvalue weighted by Gasteiger charge is 2.34. The summed E-state index contributed by atoms with van der Waals surface area (Å²) in [5.74, 6) is 0.688. The van der Waals surface area contributed by atoms with E-state index in [0.29, 0.717) is 18.8 Å². The lowest BCUT2D eigenvalue weighted by Gasteiger charge is -2.18. The molecule has 1 fully saturated rings. The second-order valence-electron chi connectivity index (χ2n) is 6.17. The maximum absolute atomic E-state index is 12.3. The first-order valence-corrected chi connectivity index (χ1v) is 9.63. The van der Waals surface area contributed by atoms with Gasteiger partial charge in [0.2, 0.25) is 11.8 Å². The zero-order valence-electron chi connectivity index (χ0n) is 14.3. The maximum atomic E-state index is 12.3. The fraction of sp³-hybridized carbons (Fsp3) is 0.529. The summed E-state index contributed by atoms with van der Waals surface area (Å²) in [6.45, 7) is 2.73. The van der Waals surface area contributed by atoms with E-state index in [1.807, 2.05) is 31.2 Å². The van der Waals surface area contributed by atoms with Gasteiger partial charge in [-0.25, -0.2) is 0 Å². The standard InChI is InChI=1S/C17H24N2O4S/c1-12(11-24(3)22)18-17(21)14-8-16(20)19(10-14)9-13-4-6-15(23-2)7-5-13/h4-7,12,14H,8-11H2,1-3H3,(H,18,21)/t12-,14+,24-/m0/s1. The number of nitrogens with one attached hydrogen (secondary N) is 1. The molecule has 0 saturated carbocycles. The number of rotatable bonds is 7. The van der Waals surface area contributed by atoms with Gasteiger partial charge in [0.25, 0.3) is 0 Å². The number of carbonyl (C=O) groups is 2. The van der Waals surface area contributed by atoms with Crippen molar-refractivity contribution < 1.29 is 18.5 Å². The topological polar surface area (TPSA) is 75.7 Å². The minimum atomic E-state index is -0.959. The molecule has 3 atom stereocenters. The molecular formula is C17H24N2O4S. The molecule has 1 N–H and O–H groups in total. The largest absolute Gasteiger partial charge is 0.497 e. The SMILES string of the molecule is COc1ccc(CN2C[C@H](C(=O)N[C@@H](C)C[S@](C)=O)CC2=O)cc1. The van der Waals surface area contributed by atoms with Crippen LogP contribution < -0.4 is 10.1 Å². The quantitative estimate of drug-likeness (QED) is 0.792. The highest BCUT2D eigenvalue weighted by atomic mass is 32.2. The third-order valence-electron chi connectivity index (χ3n) is 3.99. The number of amides is 2. The third kappa shape index (κ3) is 5.06. The van der Waals surface area contributed by atoms with E-state index in [2.05, 4.69) is 5.32 Å². The molecule has 0 aliphatic carbocycles. The Morgan fingerprint density at radius 2 is 2.08 bits per heavy atom. The lowest BCUT2D eigenvalue weighted by atomic mass is 10.1. The molecule has 2 amide bonds. The van der Waals surface area contributed by atoms with Gasteiger partial charge in [-0.2, -0.15) is 0 Å². The lowest BCUT2D eigenvalue weighted by Crippen LogP contribution is -2.40. The molecule has 1 saturated heterocycles. The van der Waals surface area contributed by atoms with Crippen molar-refractivity contribution in [2.45, 2.75) is 25.9 Å². The molecule has 1 aliphatic heterocycles. The maximum Gasteiger partial charge on any atom is 0.225 e. The van der Waals surface area contributed by atoms with Crippen molar-refractivity contribution in [2.75, 3.05) is 25.7 Å². The van der Waals surface area contributed by atoms with Gasteiger partial charge < -0.3 is 15.0 Å². The molecular weight excluding hydrogens is 328 g/mol. The van der Waals surface area contributed by atoms with Crippen molar-refractivity contribution in [1.29, 1.82) is 0 Å². The first-order chi connectivity index (χ1) is 11.4. The second-order valence-corrected chi connectivity index (χ2v) is 7.65. The Kier molecular flexibility index (Phi) is 6.36. The Morgan fingerprint density at radius 1 is 1.42 bits per heavy atom. The van der Waals surface area contributed by atoms with Crippen LogP contribution in [0.3, 0.4) is 0 Å². The van der Waals surface area contributed by atoms with Crippen molar-refractivity contribution in [3.63, 3.8) is 0 Å². The summed E-state index contributed by atoms with van der Waals surface area (Å²) in [7, 11) is 0.649. The Balaban J connectivity index is 1.90. The zero-order valence-corrected chi connectivity index (χ0v) is 15.1. The number of carbonyl (C=O) groups excluding carboxylic acids is 2. The molecule has 1 heterocycles. The molecule has 0 unspecified atom stereocenters. The summed E-state index contributed by atoms with van der Waals surface area (Å²) in [5, 5.41) is 2.85. The molecule has 7 heteroatoms. The van der Waals surface area contributed by atoms with Gasteiger partial charge in [0.15, 0.2) is 0 Å². The van der Waals surface area contributed by atoms with Crippen molar-refractivity contribution in [3.05, 3.63) is 29.8 Å². The van der Waals surface area contributed by atoms with Crippen LogP contribution in [0.5, 0.6) is 5.75 Å². The van der Waals surface area contributed by atoms with Gasteiger partial charge in [0.05, 0.1) is 13.0 Å². The van der Waals surface area contributed by atoms with Crippen LogP contribution in [0.2, 0.25) is 0 Å². The molecule has 0 radical (unpaired) electrons. The first-order valence-electron chi connectivity index (χ1n) is 7.90. The van der Waals surface area contributed by atoms with Crippen LogP contribution in [-0.2, 0) is 26.9 Å². The smallest absolute Gasteiger partial charge is 0.225 e. The highest BCUT2D eigenvalue weighted by molar-refractivity contribution is 7.84. The summed E-state index contributed by atoms with van der Waals surface area (Å²) in [6, 6.07) is 7.38. The van der Waals surface area contributed by atoms with Gasteiger partial charge in [0.1, 0.15) is 5.75 Å². The van der Waals surface area contributed by atoms with E-state index in [1.165, 1.54) is 0 Å². The van der Waals surface area contributed by atoms with E-state index in [0.717, 1.165) is 11.3 Å². The summed E-state index contributed by atoms with van der Waals surface area (Å²) in [5.41, 5.74) is 1.000. The highest BCUT2D eigenvalue weighted by Crippen LogP contribution is 2.21. The molecule has 0 bridgehead atoms. The molecule has 1 aliphatic rings. The van der Waals surface area contributed by atoms with Crippen molar-refractivity contribution in [2.24, 2.45) is 5.92 Å². The normalized spacial score (nSPS) is 19.9. The van der Waals surface area contributed by atoms with Crippen LogP contribution in [0.25, 0.3) is 0 Å². The van der Waals surface area contributed by atoms with Crippen LogP contribution in [-0.4, -0.2) is 52.6 Å². The van der Waals surface area contributed by atoms with Crippen LogP contribution >= 0.6 is 0 Å². The number of hydrogen-bond acceptors (Lipinski definition) is 4. The molecule has 0 spiro atoms. The lowest BCUT2D eigenvalue weighted by molar-refractivity contribution is -0.129. The zero-order chi connectivity index (χ0) is 17.7. The van der Waals surface area contributed by atoms with Crippen molar-refractivity contribution in [3.8, 4) is 5.75 Å². The first kappa shape index (κ1) is 18.4. The molecule has 1 aromatic rings. The average Bonchev–Trinajstić information content (AvgIpc) is 2.88. The number of likely N-dealkylation sites (tertiary alicyclic amines) is 1. The molecule has 1 aromatic carbocycles. The Hall–Kier alpha value is -1.89. The minimum Gasteiger partial charge on any atom is -0.497 e. The van der Waals surface area contributed by atoms with Gasteiger partial charge in [-0.1, -0.05) is 12.1 Å². The summed E-state index contributed by atoms with van der Waals surface area (Å²) in [4.78, 5) is 26.1. The van der Waals surface area contributed by atoms with Crippen LogP contribution in [0, 0.1) is 5.92 Å². The van der Waals surface area contributed by atoms with Gasteiger partial charge in [0, 0.05) is 48.4 Å². The number of hydrogen-bond donors (Lipinski definition) is 1. The monoisotopic (exact) mass is 352 g/mol. The van der Waals surface area contributed by atoms with Gasteiger partial charge in [-0.15, -0.1) is 0 Å². The summed E-state index contributed by atoms with van der Waals surface area (Å²) in [6.07, 6.45) is 1.84. The van der Waals surface area contributed by atoms with Crippen LogP contribution in [0.1, 0.15) is 18.9 Å². The van der Waals surface area contributed by atoms with Gasteiger partial charge in [-0.05, 0) is 24.6 Å². The van der Waals surface area contributed by atoms with Crippen molar-refractivity contribution >= 4 is 22.6 Å². The fourth-order valence-electron chi connectivity index (χ4n) is 2.81. The summed E-state index contributed by atoms with van der Waals surface area (Å²) >= 11 is 0. The predicted octanol–water partition coefficient (Wildman–Crippen LogP) is 0.927. The van der Waals surface area contributed by atoms with E-state index < -0.39 is 10.8 Å². The Bertz CT molecular complexity index is 618. The second kappa shape index (κ2) is 8.28.